The van der Waals surface area contributed by atoms with Crippen molar-refractivity contribution in [1.29, 1.82) is 0 Å². The van der Waals surface area contributed by atoms with Gasteiger partial charge in [-0.3, -0.25) is 9.59 Å². The van der Waals surface area contributed by atoms with Crippen molar-refractivity contribution in [3.05, 3.63) is 62.2 Å². The first-order valence-corrected chi connectivity index (χ1v) is 6.74. The highest BCUT2D eigenvalue weighted by molar-refractivity contribution is 9.10. The summed E-state index contributed by atoms with van der Waals surface area (Å²) in [6.07, 6.45) is 1.49. The number of pyridine rings is 1. The van der Waals surface area contributed by atoms with Gasteiger partial charge in [-0.15, -0.1) is 0 Å². The Morgan fingerprint density at radius 1 is 1.35 bits per heavy atom. The molecule has 0 bridgehead atoms. The minimum Gasteiger partial charge on any atom is -0.322 e. The fourth-order valence-corrected chi connectivity index (χ4v) is 2.10. The molecule has 0 spiro atoms. The van der Waals surface area contributed by atoms with Gasteiger partial charge in [-0.05, 0) is 40.2 Å². The molecule has 1 amide bonds. The maximum Gasteiger partial charge on any atom is 0.251 e. The number of hydrogen-bond acceptors (Lipinski definition) is 2. The highest BCUT2D eigenvalue weighted by atomic mass is 79.9. The maximum atomic E-state index is 13.5. The number of halogens is 3. The molecule has 1 heterocycles. The molecule has 0 aliphatic carbocycles. The Labute approximate surface area is 127 Å². The van der Waals surface area contributed by atoms with E-state index in [1.807, 2.05) is 0 Å². The lowest BCUT2D eigenvalue weighted by molar-refractivity contribution is -0.116. The summed E-state index contributed by atoms with van der Waals surface area (Å²) in [7, 11) is 0. The average molecular weight is 360 g/mol. The number of hydrogen-bond donors (Lipinski definition) is 1. The first-order valence-electron chi connectivity index (χ1n) is 5.56. The van der Waals surface area contributed by atoms with E-state index in [0.29, 0.717) is 4.47 Å². The van der Waals surface area contributed by atoms with Gasteiger partial charge in [-0.25, -0.2) is 4.39 Å². The molecule has 2 rings (SSSR count). The first-order chi connectivity index (χ1) is 9.45. The number of nitrogens with one attached hydrogen (secondary N) is 1. The number of benzene rings is 1. The van der Waals surface area contributed by atoms with Crippen molar-refractivity contribution in [1.82, 2.24) is 4.57 Å². The van der Waals surface area contributed by atoms with Crippen molar-refractivity contribution in [2.75, 3.05) is 5.32 Å². The normalized spacial score (nSPS) is 10.3. The van der Waals surface area contributed by atoms with E-state index in [1.165, 1.54) is 29.0 Å². The Balaban J connectivity index is 2.13. The topological polar surface area (TPSA) is 51.1 Å². The second kappa shape index (κ2) is 6.19. The molecule has 4 nitrogen and oxygen atoms in total. The number of anilines is 1. The van der Waals surface area contributed by atoms with Crippen molar-refractivity contribution < 1.29 is 9.18 Å². The fourth-order valence-electron chi connectivity index (χ4n) is 1.56. The molecule has 0 fully saturated rings. The fraction of sp³-hybridized carbons (Fsp3) is 0.0769. The van der Waals surface area contributed by atoms with Crippen LogP contribution < -0.4 is 10.9 Å². The van der Waals surface area contributed by atoms with E-state index >= 15 is 0 Å². The van der Waals surface area contributed by atoms with E-state index in [2.05, 4.69) is 21.2 Å². The third kappa shape index (κ3) is 3.68. The van der Waals surface area contributed by atoms with Crippen LogP contribution in [0, 0.1) is 5.82 Å². The molecule has 1 aromatic carbocycles. The van der Waals surface area contributed by atoms with E-state index in [-0.39, 0.29) is 22.8 Å². The van der Waals surface area contributed by atoms with Crippen LogP contribution in [0.25, 0.3) is 0 Å². The van der Waals surface area contributed by atoms with Gasteiger partial charge in [-0.2, -0.15) is 0 Å². The van der Waals surface area contributed by atoms with Crippen LogP contribution in [-0.2, 0) is 11.3 Å². The summed E-state index contributed by atoms with van der Waals surface area (Å²) in [5.74, 6) is -1.14. The highest BCUT2D eigenvalue weighted by Gasteiger charge is 2.09. The average Bonchev–Trinajstić information content (AvgIpc) is 2.37. The monoisotopic (exact) mass is 358 g/mol. The Morgan fingerprint density at radius 2 is 2.10 bits per heavy atom. The summed E-state index contributed by atoms with van der Waals surface area (Å²) >= 11 is 8.82. The third-order valence-electron chi connectivity index (χ3n) is 2.47. The van der Waals surface area contributed by atoms with Gasteiger partial charge in [-0.1, -0.05) is 11.6 Å². The summed E-state index contributed by atoms with van der Waals surface area (Å²) in [5.41, 5.74) is -0.303. The summed E-state index contributed by atoms with van der Waals surface area (Å²) in [6.45, 7) is -0.208. The van der Waals surface area contributed by atoms with Gasteiger partial charge in [0.1, 0.15) is 12.4 Å². The molecule has 20 heavy (non-hydrogen) atoms. The summed E-state index contributed by atoms with van der Waals surface area (Å²) < 4.78 is 15.4. The van der Waals surface area contributed by atoms with Gasteiger partial charge in [0.2, 0.25) is 5.91 Å². The summed E-state index contributed by atoms with van der Waals surface area (Å²) in [4.78, 5) is 23.3. The molecule has 1 N–H and O–H groups in total. The third-order valence-corrected chi connectivity index (χ3v) is 3.17. The molecule has 0 aliphatic rings. The van der Waals surface area contributed by atoms with Crippen molar-refractivity contribution in [2.45, 2.75) is 6.54 Å². The molecule has 1 aromatic heterocycles. The molecule has 7 heteroatoms. The van der Waals surface area contributed by atoms with Crippen LogP contribution in [-0.4, -0.2) is 10.5 Å². The number of nitrogens with zero attached hydrogens (tertiary/aromatic N) is 1. The number of rotatable bonds is 3. The smallest absolute Gasteiger partial charge is 0.251 e. The van der Waals surface area contributed by atoms with Crippen LogP contribution in [0.2, 0.25) is 5.02 Å². The predicted octanol–water partition coefficient (Wildman–Crippen LogP) is 3.04. The lowest BCUT2D eigenvalue weighted by atomic mass is 10.3. The molecule has 0 saturated heterocycles. The van der Waals surface area contributed by atoms with Gasteiger partial charge in [0.05, 0.1) is 5.69 Å². The van der Waals surface area contributed by atoms with Crippen molar-refractivity contribution >= 4 is 39.1 Å². The molecule has 0 saturated carbocycles. The van der Waals surface area contributed by atoms with Crippen molar-refractivity contribution in [2.24, 2.45) is 0 Å². The Morgan fingerprint density at radius 3 is 2.80 bits per heavy atom. The standard InChI is InChI=1S/C13H9BrClFN2O2/c14-8-1-4-13(20)18(6-8)7-12(19)17-11-3-2-9(15)5-10(11)16/h1-6H,7H2,(H,17,19). The van der Waals surface area contributed by atoms with Crippen LogP contribution in [0.3, 0.4) is 0 Å². The molecule has 104 valence electrons. The lowest BCUT2D eigenvalue weighted by Gasteiger charge is -2.08. The Kier molecular flexibility index (Phi) is 4.57. The van der Waals surface area contributed by atoms with Gasteiger partial charge in [0, 0.05) is 21.8 Å². The van der Waals surface area contributed by atoms with E-state index in [0.717, 1.165) is 6.07 Å². The van der Waals surface area contributed by atoms with Crippen molar-refractivity contribution in [3.63, 3.8) is 0 Å². The Bertz CT molecular complexity index is 718. The second-order valence-corrected chi connectivity index (χ2v) is 5.34. The minimum atomic E-state index is -0.632. The van der Waals surface area contributed by atoms with Crippen molar-refractivity contribution in [3.8, 4) is 0 Å². The Hall–Kier alpha value is -1.66. The zero-order chi connectivity index (χ0) is 14.7. The number of amides is 1. The van der Waals surface area contributed by atoms with Crippen LogP contribution in [0.15, 0.2) is 45.8 Å². The zero-order valence-electron chi connectivity index (χ0n) is 10.1. The molecular weight excluding hydrogens is 351 g/mol. The van der Waals surface area contributed by atoms with Crippen LogP contribution >= 0.6 is 27.5 Å². The maximum absolute atomic E-state index is 13.5. The van der Waals surface area contributed by atoms with E-state index in [9.17, 15) is 14.0 Å². The molecule has 0 atom stereocenters. The van der Waals surface area contributed by atoms with Crippen LogP contribution in [0.1, 0.15) is 0 Å². The summed E-state index contributed by atoms with van der Waals surface area (Å²) in [5, 5.41) is 2.62. The number of aromatic nitrogens is 1. The summed E-state index contributed by atoms with van der Waals surface area (Å²) in [6, 6.07) is 6.84. The SMILES string of the molecule is O=C(Cn1cc(Br)ccc1=O)Nc1ccc(Cl)cc1F. The molecule has 0 aliphatic heterocycles. The molecule has 2 aromatic rings. The quantitative estimate of drug-likeness (QED) is 0.916. The number of carbonyl (C=O) groups is 1. The van der Waals surface area contributed by atoms with Gasteiger partial charge in [0.25, 0.3) is 5.56 Å². The van der Waals surface area contributed by atoms with E-state index in [1.54, 1.807) is 6.07 Å². The van der Waals surface area contributed by atoms with Crippen LogP contribution in [0.4, 0.5) is 10.1 Å². The zero-order valence-corrected chi connectivity index (χ0v) is 12.4. The minimum absolute atomic E-state index is 0.0162. The molecule has 0 unspecified atom stereocenters. The van der Waals surface area contributed by atoms with Gasteiger partial charge >= 0.3 is 0 Å². The molecule has 0 radical (unpaired) electrons. The largest absolute Gasteiger partial charge is 0.322 e. The van der Waals surface area contributed by atoms with Crippen LogP contribution in [0.5, 0.6) is 0 Å². The van der Waals surface area contributed by atoms with E-state index < -0.39 is 11.7 Å². The first kappa shape index (κ1) is 14.7. The van der Waals surface area contributed by atoms with E-state index in [4.69, 9.17) is 11.6 Å². The lowest BCUT2D eigenvalue weighted by Crippen LogP contribution is -2.26. The number of carbonyl (C=O) groups excluding carboxylic acids is 1. The van der Waals surface area contributed by atoms with Gasteiger partial charge < -0.3 is 9.88 Å². The predicted molar refractivity (Wildman–Crippen MR) is 78.4 cm³/mol. The second-order valence-electron chi connectivity index (χ2n) is 3.99. The molecular formula is C13H9BrClFN2O2. The van der Waals surface area contributed by atoms with Gasteiger partial charge in [0.15, 0.2) is 0 Å². The highest BCUT2D eigenvalue weighted by Crippen LogP contribution is 2.18.